The highest BCUT2D eigenvalue weighted by Crippen LogP contribution is 2.15. The third-order valence-electron chi connectivity index (χ3n) is 2.50. The highest BCUT2D eigenvalue weighted by molar-refractivity contribution is 6.33. The second-order valence-corrected chi connectivity index (χ2v) is 4.12. The number of H-pyrrole nitrogens is 1. The van der Waals surface area contributed by atoms with Gasteiger partial charge in [0.2, 0.25) is 0 Å². The molecule has 0 spiro atoms. The van der Waals surface area contributed by atoms with Gasteiger partial charge in [0.25, 0.3) is 0 Å². The Balaban J connectivity index is 1.83. The summed E-state index contributed by atoms with van der Waals surface area (Å²) >= 11 is 6.02. The van der Waals surface area contributed by atoms with Crippen molar-refractivity contribution in [2.24, 2.45) is 5.10 Å². The van der Waals surface area contributed by atoms with Gasteiger partial charge in [-0.2, -0.15) is 5.10 Å². The van der Waals surface area contributed by atoms with Crippen molar-refractivity contribution in [2.75, 3.05) is 5.43 Å². The van der Waals surface area contributed by atoms with Crippen LogP contribution >= 0.6 is 11.6 Å². The summed E-state index contributed by atoms with van der Waals surface area (Å²) in [6, 6.07) is 7.44. The van der Waals surface area contributed by atoms with E-state index in [1.165, 1.54) is 6.33 Å². The fourth-order valence-electron chi connectivity index (χ4n) is 1.59. The smallest absolute Gasteiger partial charge is 0.182 e. The molecule has 0 amide bonds. The molecule has 0 fully saturated rings. The third kappa shape index (κ3) is 2.38. The number of hydrogen-bond donors (Lipinski definition) is 2. The van der Waals surface area contributed by atoms with Gasteiger partial charge in [0, 0.05) is 10.6 Å². The topological polar surface area (TPSA) is 78.8 Å². The average molecular weight is 273 g/mol. The lowest BCUT2D eigenvalue weighted by Crippen LogP contribution is -1.95. The zero-order valence-electron chi connectivity index (χ0n) is 9.71. The number of nitrogens with zero attached hydrogens (tertiary/aromatic N) is 4. The molecule has 0 radical (unpaired) electrons. The molecule has 0 unspecified atom stereocenters. The van der Waals surface area contributed by atoms with Crippen LogP contribution in [-0.2, 0) is 0 Å². The molecular formula is C12H9ClN6. The highest BCUT2D eigenvalue weighted by Gasteiger charge is 2.03. The molecular weight excluding hydrogens is 264 g/mol. The van der Waals surface area contributed by atoms with Gasteiger partial charge < -0.3 is 4.98 Å². The molecule has 0 aliphatic rings. The van der Waals surface area contributed by atoms with E-state index in [-0.39, 0.29) is 0 Å². The number of hydrogen-bond acceptors (Lipinski definition) is 5. The Morgan fingerprint density at radius 1 is 1.21 bits per heavy atom. The van der Waals surface area contributed by atoms with Crippen molar-refractivity contribution in [3.05, 3.63) is 47.5 Å². The van der Waals surface area contributed by atoms with Gasteiger partial charge in [0.05, 0.1) is 12.5 Å². The van der Waals surface area contributed by atoms with Crippen LogP contribution in [0.25, 0.3) is 11.2 Å². The Bertz CT molecular complexity index is 736. The lowest BCUT2D eigenvalue weighted by atomic mass is 10.2. The van der Waals surface area contributed by atoms with Crippen LogP contribution in [0.4, 0.5) is 5.82 Å². The van der Waals surface area contributed by atoms with E-state index in [0.29, 0.717) is 22.0 Å². The number of nitrogens with one attached hydrogen (secondary N) is 2. The summed E-state index contributed by atoms with van der Waals surface area (Å²) in [4.78, 5) is 15.1. The van der Waals surface area contributed by atoms with Crippen LogP contribution in [0.3, 0.4) is 0 Å². The molecule has 3 rings (SSSR count). The molecule has 7 heteroatoms. The molecule has 19 heavy (non-hydrogen) atoms. The Hall–Kier alpha value is -2.47. The van der Waals surface area contributed by atoms with Crippen LogP contribution in [0, 0.1) is 0 Å². The number of hydrazone groups is 1. The second-order valence-electron chi connectivity index (χ2n) is 3.71. The summed E-state index contributed by atoms with van der Waals surface area (Å²) < 4.78 is 0. The van der Waals surface area contributed by atoms with Crippen LogP contribution in [0.5, 0.6) is 0 Å². The minimum absolute atomic E-state index is 0.561. The first kappa shape index (κ1) is 11.6. The van der Waals surface area contributed by atoms with E-state index in [1.54, 1.807) is 18.6 Å². The number of anilines is 1. The van der Waals surface area contributed by atoms with E-state index in [0.717, 1.165) is 5.56 Å². The number of aromatic amines is 1. The van der Waals surface area contributed by atoms with Crippen LogP contribution in [-0.4, -0.2) is 26.2 Å². The molecule has 0 bridgehead atoms. The molecule has 1 aromatic carbocycles. The summed E-state index contributed by atoms with van der Waals surface area (Å²) in [5.41, 5.74) is 4.96. The van der Waals surface area contributed by atoms with E-state index < -0.39 is 0 Å². The van der Waals surface area contributed by atoms with Crippen molar-refractivity contribution < 1.29 is 0 Å². The molecule has 2 heterocycles. The molecule has 2 N–H and O–H groups in total. The van der Waals surface area contributed by atoms with Crippen molar-refractivity contribution >= 4 is 34.8 Å². The molecule has 0 saturated heterocycles. The maximum absolute atomic E-state index is 6.02. The Labute approximate surface area is 113 Å². The van der Waals surface area contributed by atoms with Gasteiger partial charge in [0.15, 0.2) is 11.5 Å². The van der Waals surface area contributed by atoms with Crippen LogP contribution in [0.2, 0.25) is 5.02 Å². The van der Waals surface area contributed by atoms with Gasteiger partial charge in [-0.25, -0.2) is 15.0 Å². The average Bonchev–Trinajstić information content (AvgIpc) is 2.90. The zero-order valence-corrected chi connectivity index (χ0v) is 10.5. The molecule has 0 atom stereocenters. The number of fused-ring (bicyclic) bond motifs is 1. The monoisotopic (exact) mass is 272 g/mol. The molecule has 0 saturated carbocycles. The number of benzene rings is 1. The largest absolute Gasteiger partial charge is 0.340 e. The minimum Gasteiger partial charge on any atom is -0.340 e. The van der Waals surface area contributed by atoms with Crippen molar-refractivity contribution in [1.29, 1.82) is 0 Å². The number of imidazole rings is 1. The number of aromatic nitrogens is 4. The van der Waals surface area contributed by atoms with Gasteiger partial charge in [-0.3, -0.25) is 5.43 Å². The molecule has 0 aliphatic carbocycles. The predicted octanol–water partition coefficient (Wildman–Crippen LogP) is 2.45. The van der Waals surface area contributed by atoms with Crippen molar-refractivity contribution in [1.82, 2.24) is 19.9 Å². The van der Waals surface area contributed by atoms with Gasteiger partial charge >= 0.3 is 0 Å². The van der Waals surface area contributed by atoms with E-state index >= 15 is 0 Å². The third-order valence-corrected chi connectivity index (χ3v) is 2.85. The van der Waals surface area contributed by atoms with E-state index in [9.17, 15) is 0 Å². The van der Waals surface area contributed by atoms with Crippen molar-refractivity contribution in [3.8, 4) is 0 Å². The first-order valence-electron chi connectivity index (χ1n) is 5.52. The molecule has 3 aromatic rings. The number of halogens is 1. The lowest BCUT2D eigenvalue weighted by molar-refractivity contribution is 1.17. The summed E-state index contributed by atoms with van der Waals surface area (Å²) in [5.74, 6) is 0.561. The predicted molar refractivity (Wildman–Crippen MR) is 74.4 cm³/mol. The van der Waals surface area contributed by atoms with Crippen LogP contribution in [0.15, 0.2) is 42.0 Å². The van der Waals surface area contributed by atoms with Crippen molar-refractivity contribution in [3.63, 3.8) is 0 Å². The van der Waals surface area contributed by atoms with Gasteiger partial charge in [-0.15, -0.1) is 0 Å². The van der Waals surface area contributed by atoms with Gasteiger partial charge in [-0.1, -0.05) is 29.8 Å². The first-order valence-corrected chi connectivity index (χ1v) is 5.90. The summed E-state index contributed by atoms with van der Waals surface area (Å²) in [7, 11) is 0. The Morgan fingerprint density at radius 2 is 2.11 bits per heavy atom. The van der Waals surface area contributed by atoms with E-state index in [2.05, 4.69) is 30.5 Å². The minimum atomic E-state index is 0.561. The zero-order chi connectivity index (χ0) is 13.1. The Kier molecular flexibility index (Phi) is 3.07. The molecule has 2 aromatic heterocycles. The van der Waals surface area contributed by atoms with E-state index in [1.807, 2.05) is 18.2 Å². The van der Waals surface area contributed by atoms with Crippen LogP contribution < -0.4 is 5.43 Å². The number of rotatable bonds is 3. The Morgan fingerprint density at radius 3 is 3.00 bits per heavy atom. The van der Waals surface area contributed by atoms with Crippen molar-refractivity contribution in [2.45, 2.75) is 0 Å². The summed E-state index contributed by atoms with van der Waals surface area (Å²) in [6.07, 6.45) is 4.62. The summed E-state index contributed by atoms with van der Waals surface area (Å²) in [6.45, 7) is 0. The normalized spacial score (nSPS) is 11.2. The SMILES string of the molecule is Clc1ccccc1/C=N/Nc1ncnc2nc[nH]c12. The van der Waals surface area contributed by atoms with Gasteiger partial charge in [0.1, 0.15) is 11.8 Å². The first-order chi connectivity index (χ1) is 9.34. The standard InChI is InChI=1S/C12H9ClN6/c13-9-4-2-1-3-8(9)5-18-19-12-10-11(15-6-14-10)16-7-17-12/h1-7H,(H2,14,15,16,17,19)/b18-5+. The summed E-state index contributed by atoms with van der Waals surface area (Å²) in [5, 5.41) is 4.75. The highest BCUT2D eigenvalue weighted by atomic mass is 35.5. The van der Waals surface area contributed by atoms with Crippen LogP contribution in [0.1, 0.15) is 5.56 Å². The fourth-order valence-corrected chi connectivity index (χ4v) is 1.78. The maximum Gasteiger partial charge on any atom is 0.182 e. The fraction of sp³-hybridized carbons (Fsp3) is 0. The second kappa shape index (κ2) is 5.03. The molecule has 94 valence electrons. The van der Waals surface area contributed by atoms with Gasteiger partial charge in [-0.05, 0) is 6.07 Å². The maximum atomic E-state index is 6.02. The van der Waals surface area contributed by atoms with E-state index in [4.69, 9.17) is 11.6 Å². The molecule has 6 nitrogen and oxygen atoms in total. The quantitative estimate of drug-likeness (QED) is 0.567. The molecule has 0 aliphatic heterocycles. The lowest BCUT2D eigenvalue weighted by Gasteiger charge is -2.00.